The maximum Gasteiger partial charge on any atom is 0.0730 e. The van der Waals surface area contributed by atoms with Gasteiger partial charge in [-0.1, -0.05) is 97.9 Å². The minimum absolute atomic E-state index is 0.202. The summed E-state index contributed by atoms with van der Waals surface area (Å²) in [5.41, 5.74) is 4.04. The van der Waals surface area contributed by atoms with Crippen molar-refractivity contribution in [1.29, 1.82) is 0 Å². The highest BCUT2D eigenvalue weighted by Crippen LogP contribution is 2.22. The molecule has 0 saturated heterocycles. The largest absolute Gasteiger partial charge is 0.377 e. The van der Waals surface area contributed by atoms with Gasteiger partial charge in [-0.15, -0.1) is 0 Å². The zero-order valence-corrected chi connectivity index (χ0v) is 17.7. The van der Waals surface area contributed by atoms with E-state index in [1.807, 2.05) is 0 Å². The highest BCUT2D eigenvalue weighted by Gasteiger charge is 2.27. The van der Waals surface area contributed by atoms with Crippen molar-refractivity contribution in [3.05, 3.63) is 108 Å². The van der Waals surface area contributed by atoms with E-state index in [-0.39, 0.29) is 6.10 Å². The Kier molecular flexibility index (Phi) is 8.48. The standard InChI is InChI=1S/C27H33NO/c1-3-27(29-4-2)26(20-23-14-8-5-9-15-23)28(21-24-16-10-6-11-17-24)22-25-18-12-7-13-19-25/h5-19,26-27H,3-4,20-22H2,1-2H3/t26-,27-/m0/s1. The van der Waals surface area contributed by atoms with Gasteiger partial charge in [-0.05, 0) is 36.5 Å². The average Bonchev–Trinajstić information content (AvgIpc) is 2.78. The first kappa shape index (κ1) is 21.3. The van der Waals surface area contributed by atoms with E-state index in [2.05, 4.69) is 110 Å². The lowest BCUT2D eigenvalue weighted by Crippen LogP contribution is -2.45. The summed E-state index contributed by atoms with van der Waals surface area (Å²) < 4.78 is 6.24. The van der Waals surface area contributed by atoms with E-state index in [1.165, 1.54) is 16.7 Å². The van der Waals surface area contributed by atoms with Crippen LogP contribution in [0.25, 0.3) is 0 Å². The molecular weight excluding hydrogens is 354 g/mol. The number of benzene rings is 3. The van der Waals surface area contributed by atoms with Crippen LogP contribution >= 0.6 is 0 Å². The molecule has 0 heterocycles. The van der Waals surface area contributed by atoms with Gasteiger partial charge in [0.2, 0.25) is 0 Å². The molecule has 0 aliphatic rings. The van der Waals surface area contributed by atoms with Gasteiger partial charge in [0.05, 0.1) is 6.10 Å². The maximum atomic E-state index is 6.24. The van der Waals surface area contributed by atoms with Crippen LogP contribution < -0.4 is 0 Å². The molecule has 3 aromatic rings. The van der Waals surface area contributed by atoms with E-state index in [4.69, 9.17) is 4.74 Å². The molecule has 2 nitrogen and oxygen atoms in total. The van der Waals surface area contributed by atoms with Crippen LogP contribution in [0.4, 0.5) is 0 Å². The molecule has 152 valence electrons. The second kappa shape index (κ2) is 11.5. The molecule has 0 spiro atoms. The Hall–Kier alpha value is -2.42. The predicted molar refractivity (Wildman–Crippen MR) is 122 cm³/mol. The van der Waals surface area contributed by atoms with Crippen LogP contribution in [0.1, 0.15) is 37.0 Å². The van der Waals surface area contributed by atoms with E-state index in [9.17, 15) is 0 Å². The van der Waals surface area contributed by atoms with E-state index in [0.717, 1.165) is 32.5 Å². The van der Waals surface area contributed by atoms with Crippen molar-refractivity contribution < 1.29 is 4.74 Å². The normalized spacial score (nSPS) is 13.3. The van der Waals surface area contributed by atoms with Gasteiger partial charge in [-0.25, -0.2) is 0 Å². The van der Waals surface area contributed by atoms with E-state index in [0.29, 0.717) is 6.04 Å². The quantitative estimate of drug-likeness (QED) is 0.393. The molecule has 0 radical (unpaired) electrons. The summed E-state index contributed by atoms with van der Waals surface area (Å²) >= 11 is 0. The topological polar surface area (TPSA) is 12.5 Å². The average molecular weight is 388 g/mol. The SMILES string of the molecule is CCO[C@@H](CC)[C@H](Cc1ccccc1)N(Cc1ccccc1)Cc1ccccc1. The first-order chi connectivity index (χ1) is 14.3. The summed E-state index contributed by atoms with van der Waals surface area (Å²) in [5.74, 6) is 0. The number of ether oxygens (including phenoxy) is 1. The monoisotopic (exact) mass is 387 g/mol. The van der Waals surface area contributed by atoms with E-state index in [1.54, 1.807) is 0 Å². The predicted octanol–water partition coefficient (Wildman–Crippen LogP) is 6.12. The van der Waals surface area contributed by atoms with E-state index < -0.39 is 0 Å². The molecule has 29 heavy (non-hydrogen) atoms. The molecule has 0 aliphatic heterocycles. The van der Waals surface area contributed by atoms with Crippen molar-refractivity contribution in [3.63, 3.8) is 0 Å². The third-order valence-electron chi connectivity index (χ3n) is 5.43. The van der Waals surface area contributed by atoms with Crippen molar-refractivity contribution in [3.8, 4) is 0 Å². The molecular formula is C27H33NO. The Morgan fingerprint density at radius 1 is 0.655 bits per heavy atom. The zero-order chi connectivity index (χ0) is 20.3. The summed E-state index contributed by atoms with van der Waals surface area (Å²) in [6, 6.07) is 32.7. The van der Waals surface area contributed by atoms with Gasteiger partial charge in [-0.3, -0.25) is 4.90 Å². The molecule has 0 N–H and O–H groups in total. The van der Waals surface area contributed by atoms with Crippen LogP contribution in [0, 0.1) is 0 Å². The molecule has 2 heteroatoms. The number of nitrogens with zero attached hydrogens (tertiary/aromatic N) is 1. The lowest BCUT2D eigenvalue weighted by Gasteiger charge is -2.37. The highest BCUT2D eigenvalue weighted by atomic mass is 16.5. The minimum atomic E-state index is 0.202. The van der Waals surface area contributed by atoms with Crippen LogP contribution in [0.5, 0.6) is 0 Å². The molecule has 0 amide bonds. The van der Waals surface area contributed by atoms with Crippen LogP contribution in [0.15, 0.2) is 91.0 Å². The molecule has 0 aromatic heterocycles. The van der Waals surface area contributed by atoms with Crippen molar-refractivity contribution in [2.24, 2.45) is 0 Å². The van der Waals surface area contributed by atoms with Crippen LogP contribution in [0.3, 0.4) is 0 Å². The van der Waals surface area contributed by atoms with Crippen molar-refractivity contribution in [2.45, 2.75) is 51.9 Å². The Bertz CT molecular complexity index is 762. The fourth-order valence-corrected chi connectivity index (χ4v) is 3.99. The summed E-state index contributed by atoms with van der Waals surface area (Å²) in [6.45, 7) is 6.91. The first-order valence-electron chi connectivity index (χ1n) is 10.8. The van der Waals surface area contributed by atoms with Crippen LogP contribution in [-0.4, -0.2) is 23.7 Å². The number of hydrogen-bond donors (Lipinski definition) is 0. The summed E-state index contributed by atoms with van der Waals surface area (Å²) in [5, 5.41) is 0. The first-order valence-corrected chi connectivity index (χ1v) is 10.8. The van der Waals surface area contributed by atoms with Gasteiger partial charge in [0.1, 0.15) is 0 Å². The Morgan fingerprint density at radius 3 is 1.52 bits per heavy atom. The highest BCUT2D eigenvalue weighted by molar-refractivity contribution is 5.20. The lowest BCUT2D eigenvalue weighted by atomic mass is 9.96. The van der Waals surface area contributed by atoms with Gasteiger partial charge in [-0.2, -0.15) is 0 Å². The third-order valence-corrected chi connectivity index (χ3v) is 5.43. The molecule has 0 fully saturated rings. The van der Waals surface area contributed by atoms with Crippen LogP contribution in [-0.2, 0) is 24.2 Å². The Labute approximate surface area is 176 Å². The fourth-order valence-electron chi connectivity index (χ4n) is 3.99. The third kappa shape index (κ3) is 6.56. The second-order valence-corrected chi connectivity index (χ2v) is 7.54. The molecule has 0 saturated carbocycles. The fraction of sp³-hybridized carbons (Fsp3) is 0.333. The smallest absolute Gasteiger partial charge is 0.0730 e. The lowest BCUT2D eigenvalue weighted by molar-refractivity contribution is -0.0173. The summed E-state index contributed by atoms with van der Waals surface area (Å²) in [6.07, 6.45) is 2.19. The second-order valence-electron chi connectivity index (χ2n) is 7.54. The minimum Gasteiger partial charge on any atom is -0.377 e. The molecule has 0 aliphatic carbocycles. The van der Waals surface area contributed by atoms with Gasteiger partial charge in [0.25, 0.3) is 0 Å². The van der Waals surface area contributed by atoms with Gasteiger partial charge >= 0.3 is 0 Å². The number of hydrogen-bond acceptors (Lipinski definition) is 2. The molecule has 0 unspecified atom stereocenters. The molecule has 3 rings (SSSR count). The van der Waals surface area contributed by atoms with Crippen LogP contribution in [0.2, 0.25) is 0 Å². The molecule has 2 atom stereocenters. The van der Waals surface area contributed by atoms with Crippen molar-refractivity contribution in [1.82, 2.24) is 4.90 Å². The van der Waals surface area contributed by atoms with E-state index >= 15 is 0 Å². The Morgan fingerprint density at radius 2 is 1.10 bits per heavy atom. The summed E-state index contributed by atoms with van der Waals surface area (Å²) in [7, 11) is 0. The van der Waals surface area contributed by atoms with Crippen molar-refractivity contribution >= 4 is 0 Å². The summed E-state index contributed by atoms with van der Waals surface area (Å²) in [4.78, 5) is 2.60. The molecule has 3 aromatic carbocycles. The maximum absolute atomic E-state index is 6.24. The van der Waals surface area contributed by atoms with Gasteiger partial charge < -0.3 is 4.74 Å². The van der Waals surface area contributed by atoms with Crippen molar-refractivity contribution in [2.75, 3.05) is 6.61 Å². The molecule has 0 bridgehead atoms. The van der Waals surface area contributed by atoms with Gasteiger partial charge in [0, 0.05) is 25.7 Å². The van der Waals surface area contributed by atoms with Gasteiger partial charge in [0.15, 0.2) is 0 Å². The number of rotatable bonds is 11. The zero-order valence-electron chi connectivity index (χ0n) is 17.7. The Balaban J connectivity index is 1.92.